The van der Waals surface area contributed by atoms with E-state index in [-0.39, 0.29) is 18.4 Å². The van der Waals surface area contributed by atoms with Crippen molar-refractivity contribution in [1.82, 2.24) is 5.32 Å². The molecule has 1 aromatic rings. The van der Waals surface area contributed by atoms with Gasteiger partial charge in [0.15, 0.2) is 0 Å². The molecule has 0 radical (unpaired) electrons. The summed E-state index contributed by atoms with van der Waals surface area (Å²) in [6.45, 7) is 5.63. The molecule has 2 amide bonds. The Morgan fingerprint density at radius 1 is 1.33 bits per heavy atom. The van der Waals surface area contributed by atoms with Gasteiger partial charge in [-0.05, 0) is 38.5 Å². The first kappa shape index (κ1) is 12.4. The zero-order valence-electron chi connectivity index (χ0n) is 10.8. The summed E-state index contributed by atoms with van der Waals surface area (Å²) in [6.07, 6.45) is 0. The van der Waals surface area contributed by atoms with Crippen molar-refractivity contribution in [2.75, 3.05) is 17.2 Å². The summed E-state index contributed by atoms with van der Waals surface area (Å²) in [6, 6.07) is 5.56. The lowest BCUT2D eigenvalue weighted by Gasteiger charge is -2.41. The number of imide groups is 1. The fourth-order valence-corrected chi connectivity index (χ4v) is 1.99. The molecule has 1 aliphatic rings. The Morgan fingerprint density at radius 2 is 2.00 bits per heavy atom. The number of carbonyl (C=O) groups excluding carboxylic acids is 2. The number of hydrogen-bond acceptors (Lipinski definition) is 4. The van der Waals surface area contributed by atoms with Gasteiger partial charge in [-0.1, -0.05) is 6.07 Å². The second kappa shape index (κ2) is 4.01. The second-order valence-electron chi connectivity index (χ2n) is 5.06. The van der Waals surface area contributed by atoms with Crippen molar-refractivity contribution < 1.29 is 9.59 Å². The van der Waals surface area contributed by atoms with Crippen molar-refractivity contribution in [1.29, 1.82) is 0 Å². The van der Waals surface area contributed by atoms with E-state index in [0.717, 1.165) is 11.3 Å². The topological polar surface area (TPSA) is 75.4 Å². The van der Waals surface area contributed by atoms with Crippen LogP contribution in [0.4, 0.5) is 11.4 Å². The maximum Gasteiger partial charge on any atom is 0.251 e. The number of aryl methyl sites for hydroxylation is 1. The molecule has 96 valence electrons. The van der Waals surface area contributed by atoms with Crippen LogP contribution in [-0.4, -0.2) is 23.9 Å². The average molecular weight is 247 g/mol. The zero-order valence-corrected chi connectivity index (χ0v) is 10.8. The van der Waals surface area contributed by atoms with Crippen LogP contribution >= 0.6 is 0 Å². The molecular formula is C13H17N3O2. The number of nitrogens with one attached hydrogen (secondary N) is 1. The molecule has 1 aromatic carbocycles. The van der Waals surface area contributed by atoms with Gasteiger partial charge in [-0.3, -0.25) is 14.9 Å². The summed E-state index contributed by atoms with van der Waals surface area (Å²) >= 11 is 0. The number of carbonyl (C=O) groups is 2. The molecule has 1 aliphatic heterocycles. The fourth-order valence-electron chi connectivity index (χ4n) is 1.99. The van der Waals surface area contributed by atoms with Crippen LogP contribution in [0.15, 0.2) is 18.2 Å². The Balaban J connectivity index is 2.43. The lowest BCUT2D eigenvalue weighted by Crippen LogP contribution is -2.64. The van der Waals surface area contributed by atoms with Crippen LogP contribution in [0.2, 0.25) is 0 Å². The number of nitrogen functional groups attached to an aromatic ring is 1. The van der Waals surface area contributed by atoms with E-state index in [4.69, 9.17) is 5.73 Å². The van der Waals surface area contributed by atoms with Gasteiger partial charge in [0.1, 0.15) is 5.54 Å². The predicted molar refractivity (Wildman–Crippen MR) is 70.2 cm³/mol. The summed E-state index contributed by atoms with van der Waals surface area (Å²) < 4.78 is 0. The molecule has 0 aromatic heterocycles. The monoisotopic (exact) mass is 247 g/mol. The minimum atomic E-state index is -0.768. The molecule has 18 heavy (non-hydrogen) atoms. The van der Waals surface area contributed by atoms with Gasteiger partial charge in [0.25, 0.3) is 5.91 Å². The largest absolute Gasteiger partial charge is 0.398 e. The third-order valence-corrected chi connectivity index (χ3v) is 3.36. The highest BCUT2D eigenvalue weighted by Crippen LogP contribution is 2.28. The van der Waals surface area contributed by atoms with Crippen LogP contribution in [0.5, 0.6) is 0 Å². The number of nitrogens with two attached hydrogens (primary N) is 1. The van der Waals surface area contributed by atoms with Gasteiger partial charge < -0.3 is 10.6 Å². The van der Waals surface area contributed by atoms with E-state index < -0.39 is 5.54 Å². The highest BCUT2D eigenvalue weighted by Gasteiger charge is 2.40. The van der Waals surface area contributed by atoms with Gasteiger partial charge in [-0.15, -0.1) is 0 Å². The Morgan fingerprint density at radius 3 is 2.61 bits per heavy atom. The molecule has 0 atom stereocenters. The maximum atomic E-state index is 11.9. The van der Waals surface area contributed by atoms with Crippen molar-refractivity contribution >= 4 is 23.2 Å². The first-order valence-corrected chi connectivity index (χ1v) is 5.80. The molecule has 0 bridgehead atoms. The Kier molecular flexibility index (Phi) is 2.77. The van der Waals surface area contributed by atoms with Gasteiger partial charge in [0, 0.05) is 11.4 Å². The average Bonchev–Trinajstić information content (AvgIpc) is 2.28. The van der Waals surface area contributed by atoms with E-state index in [0.29, 0.717) is 5.69 Å². The van der Waals surface area contributed by atoms with Crippen molar-refractivity contribution in [3.05, 3.63) is 23.8 Å². The number of benzene rings is 1. The lowest BCUT2D eigenvalue weighted by atomic mass is 9.97. The van der Waals surface area contributed by atoms with Gasteiger partial charge >= 0.3 is 0 Å². The SMILES string of the molecule is Cc1ccc(N2CC(=O)NC(=O)C2(C)C)cc1N. The quantitative estimate of drug-likeness (QED) is 0.569. The molecule has 0 aliphatic carbocycles. The summed E-state index contributed by atoms with van der Waals surface area (Å²) in [4.78, 5) is 25.1. The first-order chi connectivity index (χ1) is 8.32. The van der Waals surface area contributed by atoms with Crippen LogP contribution in [0.1, 0.15) is 19.4 Å². The number of rotatable bonds is 1. The molecule has 3 N–H and O–H groups in total. The smallest absolute Gasteiger partial charge is 0.251 e. The van der Waals surface area contributed by atoms with Crippen LogP contribution in [0, 0.1) is 6.92 Å². The fraction of sp³-hybridized carbons (Fsp3) is 0.385. The Hall–Kier alpha value is -2.04. The normalized spacial score (nSPS) is 18.7. The second-order valence-corrected chi connectivity index (χ2v) is 5.06. The molecule has 5 heteroatoms. The highest BCUT2D eigenvalue weighted by atomic mass is 16.2. The van der Waals surface area contributed by atoms with Gasteiger partial charge in [-0.25, -0.2) is 0 Å². The van der Waals surface area contributed by atoms with Crippen LogP contribution in [0.3, 0.4) is 0 Å². The highest BCUT2D eigenvalue weighted by molar-refractivity contribution is 6.06. The molecule has 1 saturated heterocycles. The molecule has 0 saturated carbocycles. The van der Waals surface area contributed by atoms with Crippen LogP contribution in [0.25, 0.3) is 0 Å². The van der Waals surface area contributed by atoms with Crippen molar-refractivity contribution in [3.63, 3.8) is 0 Å². The number of amides is 2. The molecular weight excluding hydrogens is 230 g/mol. The van der Waals surface area contributed by atoms with Crippen LogP contribution < -0.4 is 16.0 Å². The molecule has 1 heterocycles. The number of nitrogens with zero attached hydrogens (tertiary/aromatic N) is 1. The molecule has 0 unspecified atom stereocenters. The number of anilines is 2. The van der Waals surface area contributed by atoms with Crippen LogP contribution in [-0.2, 0) is 9.59 Å². The maximum absolute atomic E-state index is 11.9. The van der Waals surface area contributed by atoms with E-state index in [1.807, 2.05) is 19.1 Å². The Labute approximate surface area is 106 Å². The minimum absolute atomic E-state index is 0.154. The lowest BCUT2D eigenvalue weighted by molar-refractivity contribution is -0.135. The van der Waals surface area contributed by atoms with E-state index >= 15 is 0 Å². The summed E-state index contributed by atoms with van der Waals surface area (Å²) in [7, 11) is 0. The summed E-state index contributed by atoms with van der Waals surface area (Å²) in [5.74, 6) is -0.587. The van der Waals surface area contributed by atoms with E-state index in [9.17, 15) is 9.59 Å². The van der Waals surface area contributed by atoms with E-state index in [2.05, 4.69) is 5.32 Å². The molecule has 5 nitrogen and oxygen atoms in total. The van der Waals surface area contributed by atoms with Crippen molar-refractivity contribution in [2.24, 2.45) is 0 Å². The molecule has 2 rings (SSSR count). The number of piperazine rings is 1. The summed E-state index contributed by atoms with van der Waals surface area (Å²) in [5.41, 5.74) is 7.52. The number of hydrogen-bond donors (Lipinski definition) is 2. The Bertz CT molecular complexity index is 523. The third-order valence-electron chi connectivity index (χ3n) is 3.36. The van der Waals surface area contributed by atoms with E-state index in [1.54, 1.807) is 24.8 Å². The third kappa shape index (κ3) is 1.92. The summed E-state index contributed by atoms with van der Waals surface area (Å²) in [5, 5.41) is 2.34. The predicted octanol–water partition coefficient (Wildman–Crippen LogP) is 0.819. The van der Waals surface area contributed by atoms with Gasteiger partial charge in [0.2, 0.25) is 5.91 Å². The van der Waals surface area contributed by atoms with Gasteiger partial charge in [0.05, 0.1) is 6.54 Å². The zero-order chi connectivity index (χ0) is 13.5. The van der Waals surface area contributed by atoms with Crippen molar-refractivity contribution in [3.8, 4) is 0 Å². The molecule has 0 spiro atoms. The minimum Gasteiger partial charge on any atom is -0.398 e. The molecule has 1 fully saturated rings. The van der Waals surface area contributed by atoms with Crippen molar-refractivity contribution in [2.45, 2.75) is 26.3 Å². The first-order valence-electron chi connectivity index (χ1n) is 5.80. The van der Waals surface area contributed by atoms with E-state index in [1.165, 1.54) is 0 Å². The van der Waals surface area contributed by atoms with Gasteiger partial charge in [-0.2, -0.15) is 0 Å². The standard InChI is InChI=1S/C13H17N3O2/c1-8-4-5-9(6-10(8)14)16-7-11(17)15-12(18)13(16,2)3/h4-6H,7,14H2,1-3H3,(H,15,17,18).